The van der Waals surface area contributed by atoms with Gasteiger partial charge in [-0.3, -0.25) is 0 Å². The van der Waals surface area contributed by atoms with Crippen molar-refractivity contribution in [1.82, 2.24) is 4.98 Å². The smallest absolute Gasteiger partial charge is 0.212 e. The van der Waals surface area contributed by atoms with Crippen LogP contribution < -0.4 is 10.5 Å². The van der Waals surface area contributed by atoms with Gasteiger partial charge in [0.2, 0.25) is 5.88 Å². The Morgan fingerprint density at radius 1 is 1.54 bits per heavy atom. The van der Waals surface area contributed by atoms with Crippen LogP contribution in [0.5, 0.6) is 5.88 Å². The molecule has 1 aromatic rings. The Kier molecular flexibility index (Phi) is 5.42. The Labute approximate surface area is 84.7 Å². The van der Waals surface area contributed by atoms with E-state index in [-0.39, 0.29) is 18.4 Å². The van der Waals surface area contributed by atoms with Gasteiger partial charge in [-0.15, -0.1) is 12.4 Å². The molecule has 0 aliphatic rings. The predicted octanol–water partition coefficient (Wildman–Crippen LogP) is 1.92. The summed E-state index contributed by atoms with van der Waals surface area (Å²) in [4.78, 5) is 4.06. The molecule has 0 fully saturated rings. The second kappa shape index (κ2) is 5.78. The fraction of sp³-hybridized carbons (Fsp3) is 0.444. The lowest BCUT2D eigenvalue weighted by atomic mass is 10.1. The number of nitrogens with zero attached hydrogens (tertiary/aromatic N) is 1. The Balaban J connectivity index is 0.00000144. The van der Waals surface area contributed by atoms with E-state index in [0.717, 1.165) is 12.0 Å². The van der Waals surface area contributed by atoms with Crippen molar-refractivity contribution in [3.8, 4) is 5.88 Å². The van der Waals surface area contributed by atoms with Gasteiger partial charge < -0.3 is 10.5 Å². The molecule has 0 radical (unpaired) electrons. The van der Waals surface area contributed by atoms with Gasteiger partial charge in [0.05, 0.1) is 7.11 Å². The normalized spacial score (nSPS) is 11.6. The van der Waals surface area contributed by atoms with Gasteiger partial charge in [0, 0.05) is 18.3 Å². The van der Waals surface area contributed by atoms with Crippen LogP contribution in [-0.4, -0.2) is 12.1 Å². The third-order valence-corrected chi connectivity index (χ3v) is 1.84. The van der Waals surface area contributed by atoms with Crippen molar-refractivity contribution in [1.29, 1.82) is 0 Å². The molecule has 1 heterocycles. The molecular weight excluding hydrogens is 188 g/mol. The molecule has 0 unspecified atom stereocenters. The first kappa shape index (κ1) is 12.2. The van der Waals surface area contributed by atoms with Gasteiger partial charge in [-0.1, -0.05) is 13.0 Å². The van der Waals surface area contributed by atoms with Gasteiger partial charge in [0.15, 0.2) is 0 Å². The predicted molar refractivity (Wildman–Crippen MR) is 55.3 cm³/mol. The van der Waals surface area contributed by atoms with Crippen molar-refractivity contribution in [2.75, 3.05) is 7.11 Å². The van der Waals surface area contributed by atoms with Crippen molar-refractivity contribution in [3.05, 3.63) is 23.9 Å². The monoisotopic (exact) mass is 202 g/mol. The summed E-state index contributed by atoms with van der Waals surface area (Å²) in [6.07, 6.45) is 2.68. The summed E-state index contributed by atoms with van der Waals surface area (Å²) in [5.74, 6) is 0.627. The van der Waals surface area contributed by atoms with Crippen LogP contribution in [0.1, 0.15) is 24.9 Å². The van der Waals surface area contributed by atoms with Crippen molar-refractivity contribution in [3.63, 3.8) is 0 Å². The zero-order chi connectivity index (χ0) is 8.97. The minimum absolute atomic E-state index is 0. The molecular formula is C9H15ClN2O. The molecule has 0 amide bonds. The summed E-state index contributed by atoms with van der Waals surface area (Å²) in [5.41, 5.74) is 6.86. The summed E-state index contributed by atoms with van der Waals surface area (Å²) < 4.78 is 4.93. The van der Waals surface area contributed by atoms with E-state index in [1.807, 2.05) is 12.1 Å². The summed E-state index contributed by atoms with van der Waals surface area (Å²) in [5, 5.41) is 0. The van der Waals surface area contributed by atoms with Crippen LogP contribution in [0.3, 0.4) is 0 Å². The number of aromatic nitrogens is 1. The molecule has 1 rings (SSSR count). The van der Waals surface area contributed by atoms with Gasteiger partial charge in [-0.2, -0.15) is 0 Å². The highest BCUT2D eigenvalue weighted by atomic mass is 35.5. The van der Waals surface area contributed by atoms with Crippen LogP contribution >= 0.6 is 12.4 Å². The van der Waals surface area contributed by atoms with Crippen LogP contribution in [0.4, 0.5) is 0 Å². The van der Waals surface area contributed by atoms with Crippen molar-refractivity contribution in [2.45, 2.75) is 19.4 Å². The topological polar surface area (TPSA) is 48.1 Å². The van der Waals surface area contributed by atoms with Crippen LogP contribution in [0, 0.1) is 0 Å². The number of hydrogen-bond acceptors (Lipinski definition) is 3. The number of pyridine rings is 1. The molecule has 0 bridgehead atoms. The van der Waals surface area contributed by atoms with E-state index >= 15 is 0 Å². The molecule has 0 aromatic carbocycles. The lowest BCUT2D eigenvalue weighted by molar-refractivity contribution is 0.397. The molecule has 0 aliphatic carbocycles. The Bertz CT molecular complexity index is 238. The zero-order valence-corrected chi connectivity index (χ0v) is 8.67. The van der Waals surface area contributed by atoms with E-state index in [1.54, 1.807) is 13.3 Å². The van der Waals surface area contributed by atoms with Gasteiger partial charge >= 0.3 is 0 Å². The average molecular weight is 203 g/mol. The molecule has 74 valence electrons. The highest BCUT2D eigenvalue weighted by molar-refractivity contribution is 5.85. The maximum absolute atomic E-state index is 5.80. The number of methoxy groups -OCH3 is 1. The number of rotatable bonds is 3. The molecule has 0 saturated heterocycles. The molecule has 0 saturated carbocycles. The van der Waals surface area contributed by atoms with E-state index in [0.29, 0.717) is 5.88 Å². The quantitative estimate of drug-likeness (QED) is 0.815. The highest BCUT2D eigenvalue weighted by Crippen LogP contribution is 2.14. The Morgan fingerprint density at radius 2 is 2.23 bits per heavy atom. The van der Waals surface area contributed by atoms with E-state index < -0.39 is 0 Å². The minimum atomic E-state index is 0. The van der Waals surface area contributed by atoms with Gasteiger partial charge in [-0.25, -0.2) is 4.98 Å². The lowest BCUT2D eigenvalue weighted by Gasteiger charge is -2.08. The van der Waals surface area contributed by atoms with Crippen LogP contribution in [0.2, 0.25) is 0 Å². The second-order valence-corrected chi connectivity index (χ2v) is 2.65. The molecule has 13 heavy (non-hydrogen) atoms. The van der Waals surface area contributed by atoms with Crippen LogP contribution in [0.15, 0.2) is 18.3 Å². The average Bonchev–Trinajstić information content (AvgIpc) is 2.17. The van der Waals surface area contributed by atoms with Gasteiger partial charge in [0.25, 0.3) is 0 Å². The minimum Gasteiger partial charge on any atom is -0.481 e. The summed E-state index contributed by atoms with van der Waals surface area (Å²) in [6, 6.07) is 3.86. The fourth-order valence-electron chi connectivity index (χ4n) is 0.968. The van der Waals surface area contributed by atoms with Crippen LogP contribution in [0.25, 0.3) is 0 Å². The summed E-state index contributed by atoms with van der Waals surface area (Å²) in [6.45, 7) is 2.05. The molecule has 2 N–H and O–H groups in total. The maximum Gasteiger partial charge on any atom is 0.212 e. The molecule has 0 spiro atoms. The zero-order valence-electron chi connectivity index (χ0n) is 7.86. The highest BCUT2D eigenvalue weighted by Gasteiger charge is 2.02. The first-order valence-corrected chi connectivity index (χ1v) is 4.03. The lowest BCUT2D eigenvalue weighted by Crippen LogP contribution is -2.08. The Morgan fingerprint density at radius 3 is 2.62 bits per heavy atom. The van der Waals surface area contributed by atoms with Gasteiger partial charge in [-0.05, 0) is 12.0 Å². The van der Waals surface area contributed by atoms with Gasteiger partial charge in [0.1, 0.15) is 0 Å². The van der Waals surface area contributed by atoms with Crippen LogP contribution in [-0.2, 0) is 0 Å². The molecule has 1 aromatic heterocycles. The third-order valence-electron chi connectivity index (χ3n) is 1.84. The maximum atomic E-state index is 5.80. The van der Waals surface area contributed by atoms with Crippen molar-refractivity contribution >= 4 is 12.4 Å². The summed E-state index contributed by atoms with van der Waals surface area (Å²) >= 11 is 0. The third kappa shape index (κ3) is 3.20. The first-order chi connectivity index (χ1) is 5.77. The fourth-order valence-corrected chi connectivity index (χ4v) is 0.968. The molecule has 0 aliphatic heterocycles. The van der Waals surface area contributed by atoms with E-state index in [2.05, 4.69) is 11.9 Å². The Hall–Kier alpha value is -0.800. The largest absolute Gasteiger partial charge is 0.481 e. The number of ether oxygens (including phenoxy) is 1. The number of halogens is 1. The standard InChI is InChI=1S/C9H14N2O.ClH/c1-3-8(10)7-4-5-9(12-2)11-6-7;/h4-6,8H,3,10H2,1-2H3;1H/t8-;/m0./s1. The van der Waals surface area contributed by atoms with Crippen molar-refractivity contribution in [2.24, 2.45) is 5.73 Å². The first-order valence-electron chi connectivity index (χ1n) is 4.03. The molecule has 1 atom stereocenters. The van der Waals surface area contributed by atoms with E-state index in [4.69, 9.17) is 10.5 Å². The van der Waals surface area contributed by atoms with Crippen molar-refractivity contribution < 1.29 is 4.74 Å². The molecule has 3 nitrogen and oxygen atoms in total. The number of nitrogens with two attached hydrogens (primary N) is 1. The SMILES string of the molecule is CC[C@H](N)c1ccc(OC)nc1.Cl. The van der Waals surface area contributed by atoms with E-state index in [1.165, 1.54) is 0 Å². The van der Waals surface area contributed by atoms with E-state index in [9.17, 15) is 0 Å². The summed E-state index contributed by atoms with van der Waals surface area (Å²) in [7, 11) is 1.60. The second-order valence-electron chi connectivity index (χ2n) is 2.65. The number of hydrogen-bond donors (Lipinski definition) is 1. The molecule has 4 heteroatoms.